The van der Waals surface area contributed by atoms with Crippen molar-refractivity contribution in [3.8, 4) is 5.75 Å². The second-order valence-corrected chi connectivity index (χ2v) is 6.11. The van der Waals surface area contributed by atoms with Crippen LogP contribution in [-0.2, 0) is 6.54 Å². The van der Waals surface area contributed by atoms with Crippen LogP contribution in [0, 0.1) is 0 Å². The number of anilines is 2. The van der Waals surface area contributed by atoms with E-state index in [1.165, 1.54) is 0 Å². The molecule has 0 radical (unpaired) electrons. The van der Waals surface area contributed by atoms with Gasteiger partial charge in [0.2, 0.25) is 0 Å². The second kappa shape index (κ2) is 7.05. The molecule has 0 aliphatic rings. The van der Waals surface area contributed by atoms with Gasteiger partial charge in [-0.05, 0) is 45.8 Å². The summed E-state index contributed by atoms with van der Waals surface area (Å²) in [6.07, 6.45) is 0. The van der Waals surface area contributed by atoms with Crippen molar-refractivity contribution in [1.82, 2.24) is 0 Å². The van der Waals surface area contributed by atoms with Crippen molar-refractivity contribution in [3.63, 3.8) is 0 Å². The summed E-state index contributed by atoms with van der Waals surface area (Å²) in [6.45, 7) is 0.712. The lowest BCUT2D eigenvalue weighted by Crippen LogP contribution is -2.12. The Morgan fingerprint density at radius 1 is 1.24 bits per heavy atom. The van der Waals surface area contributed by atoms with Crippen LogP contribution < -0.4 is 15.0 Å². The highest BCUT2D eigenvalue weighted by Gasteiger charge is 2.09. The number of methoxy groups -OCH3 is 1. The molecule has 2 aromatic rings. The average molecular weight is 370 g/mol. The Hall–Kier alpha value is -1.39. The summed E-state index contributed by atoms with van der Waals surface area (Å²) in [4.78, 5) is 2.01. The predicted molar refractivity (Wildman–Crippen MR) is 93.8 cm³/mol. The Morgan fingerprint density at radius 3 is 2.62 bits per heavy atom. The minimum absolute atomic E-state index is 0.712. The summed E-state index contributed by atoms with van der Waals surface area (Å²) in [5.74, 6) is 0.829. The highest BCUT2D eigenvalue weighted by Crippen LogP contribution is 2.33. The molecule has 0 bridgehead atoms. The van der Waals surface area contributed by atoms with Gasteiger partial charge in [-0.2, -0.15) is 0 Å². The van der Waals surface area contributed by atoms with Gasteiger partial charge in [0.1, 0.15) is 5.75 Å². The monoisotopic (exact) mass is 368 g/mol. The molecular weight excluding hydrogens is 352 g/mol. The van der Waals surface area contributed by atoms with Gasteiger partial charge in [0.15, 0.2) is 0 Å². The molecule has 1 N–H and O–H groups in total. The van der Waals surface area contributed by atoms with Crippen molar-refractivity contribution in [3.05, 3.63) is 51.5 Å². The fourth-order valence-corrected chi connectivity index (χ4v) is 3.06. The van der Waals surface area contributed by atoms with Crippen molar-refractivity contribution in [1.29, 1.82) is 0 Å². The van der Waals surface area contributed by atoms with Gasteiger partial charge in [-0.1, -0.05) is 23.7 Å². The van der Waals surface area contributed by atoms with Crippen LogP contribution in [0.15, 0.2) is 40.9 Å². The lowest BCUT2D eigenvalue weighted by molar-refractivity contribution is 0.412. The molecule has 5 heteroatoms. The first kappa shape index (κ1) is 16.0. The number of para-hydroxylation sites is 1. The van der Waals surface area contributed by atoms with Crippen LogP contribution in [0.2, 0.25) is 5.02 Å². The maximum atomic E-state index is 6.27. The number of hydrogen-bond acceptors (Lipinski definition) is 3. The van der Waals surface area contributed by atoms with E-state index in [4.69, 9.17) is 16.3 Å². The summed E-state index contributed by atoms with van der Waals surface area (Å²) in [5.41, 5.74) is 3.17. The van der Waals surface area contributed by atoms with Crippen LogP contribution in [0.3, 0.4) is 0 Å². The highest BCUT2D eigenvalue weighted by atomic mass is 79.9. The van der Waals surface area contributed by atoms with Gasteiger partial charge < -0.3 is 15.0 Å². The Bertz CT molecular complexity index is 632. The van der Waals surface area contributed by atoms with Gasteiger partial charge >= 0.3 is 0 Å². The molecule has 0 saturated heterocycles. The van der Waals surface area contributed by atoms with Crippen LogP contribution in [0.4, 0.5) is 11.4 Å². The number of benzene rings is 2. The summed E-state index contributed by atoms with van der Waals surface area (Å²) in [6, 6.07) is 11.9. The van der Waals surface area contributed by atoms with Crippen LogP contribution in [0.25, 0.3) is 0 Å². The van der Waals surface area contributed by atoms with Crippen LogP contribution in [-0.4, -0.2) is 21.2 Å². The van der Waals surface area contributed by atoms with E-state index in [0.717, 1.165) is 32.2 Å². The van der Waals surface area contributed by atoms with Crippen molar-refractivity contribution in [2.75, 3.05) is 31.4 Å². The molecule has 0 unspecified atom stereocenters. The van der Waals surface area contributed by atoms with E-state index in [1.54, 1.807) is 7.11 Å². The van der Waals surface area contributed by atoms with E-state index >= 15 is 0 Å². The lowest BCUT2D eigenvalue weighted by atomic mass is 10.2. The van der Waals surface area contributed by atoms with Crippen molar-refractivity contribution in [2.45, 2.75) is 6.54 Å². The van der Waals surface area contributed by atoms with Crippen molar-refractivity contribution < 1.29 is 4.74 Å². The third-order valence-electron chi connectivity index (χ3n) is 3.13. The molecule has 0 heterocycles. The first-order valence-electron chi connectivity index (χ1n) is 6.55. The molecule has 0 aliphatic carbocycles. The second-order valence-electron chi connectivity index (χ2n) is 4.85. The molecule has 0 aromatic heterocycles. The van der Waals surface area contributed by atoms with Gasteiger partial charge in [-0.3, -0.25) is 0 Å². The quantitative estimate of drug-likeness (QED) is 0.820. The zero-order valence-electron chi connectivity index (χ0n) is 12.3. The molecule has 2 aromatic carbocycles. The topological polar surface area (TPSA) is 24.5 Å². The van der Waals surface area contributed by atoms with Gasteiger partial charge in [-0.15, -0.1) is 0 Å². The van der Waals surface area contributed by atoms with Gasteiger partial charge in [0, 0.05) is 20.6 Å². The highest BCUT2D eigenvalue weighted by molar-refractivity contribution is 9.10. The Balaban J connectivity index is 2.17. The molecule has 0 saturated carbocycles. The van der Waals surface area contributed by atoms with E-state index < -0.39 is 0 Å². The van der Waals surface area contributed by atoms with E-state index in [2.05, 4.69) is 21.2 Å². The van der Waals surface area contributed by atoms with Gasteiger partial charge in [0.25, 0.3) is 0 Å². The standard InChI is InChI=1S/C16H18BrClN2O/c1-20(2)16-13(18)5-4-6-14(16)19-10-11-7-8-15(21-3)12(17)9-11/h4-9,19H,10H2,1-3H3. The van der Waals surface area contributed by atoms with Crippen molar-refractivity contribution in [2.24, 2.45) is 0 Å². The Labute approximate surface area is 139 Å². The summed E-state index contributed by atoms with van der Waals surface area (Å²) >= 11 is 9.77. The van der Waals surface area contributed by atoms with E-state index in [0.29, 0.717) is 6.54 Å². The fraction of sp³-hybridized carbons (Fsp3) is 0.250. The Morgan fingerprint density at radius 2 is 2.00 bits per heavy atom. The Kier molecular flexibility index (Phi) is 5.37. The minimum Gasteiger partial charge on any atom is -0.496 e. The molecule has 0 atom stereocenters. The van der Waals surface area contributed by atoms with Crippen LogP contribution in [0.5, 0.6) is 5.75 Å². The molecule has 3 nitrogen and oxygen atoms in total. The number of ether oxygens (including phenoxy) is 1. The first-order chi connectivity index (χ1) is 10.0. The zero-order valence-corrected chi connectivity index (χ0v) is 14.6. The number of nitrogens with zero attached hydrogens (tertiary/aromatic N) is 1. The van der Waals surface area contributed by atoms with Crippen LogP contribution >= 0.6 is 27.5 Å². The summed E-state index contributed by atoms with van der Waals surface area (Å²) in [7, 11) is 5.63. The molecule has 0 spiro atoms. The number of nitrogens with one attached hydrogen (secondary N) is 1. The molecular formula is C16H18BrClN2O. The third kappa shape index (κ3) is 3.83. The third-order valence-corrected chi connectivity index (χ3v) is 4.06. The molecule has 21 heavy (non-hydrogen) atoms. The molecule has 0 aliphatic heterocycles. The lowest BCUT2D eigenvalue weighted by Gasteiger charge is -2.20. The summed E-state index contributed by atoms with van der Waals surface area (Å²) in [5, 5.41) is 4.17. The molecule has 112 valence electrons. The SMILES string of the molecule is COc1ccc(CNc2cccc(Cl)c2N(C)C)cc1Br. The van der Waals surface area contributed by atoms with Gasteiger partial charge in [0.05, 0.1) is 28.0 Å². The number of hydrogen-bond donors (Lipinski definition) is 1. The van der Waals surface area contributed by atoms with E-state index in [9.17, 15) is 0 Å². The first-order valence-corrected chi connectivity index (χ1v) is 7.72. The molecule has 2 rings (SSSR count). The maximum absolute atomic E-state index is 6.27. The average Bonchev–Trinajstić information content (AvgIpc) is 2.44. The van der Waals surface area contributed by atoms with Gasteiger partial charge in [-0.25, -0.2) is 0 Å². The largest absolute Gasteiger partial charge is 0.496 e. The zero-order chi connectivity index (χ0) is 15.4. The molecule has 0 amide bonds. The normalized spacial score (nSPS) is 10.3. The van der Waals surface area contributed by atoms with Crippen molar-refractivity contribution >= 4 is 38.9 Å². The van der Waals surface area contributed by atoms with E-state index in [1.807, 2.05) is 55.4 Å². The predicted octanol–water partition coefficient (Wildman–Crippen LogP) is 4.79. The fourth-order valence-electron chi connectivity index (χ4n) is 2.13. The smallest absolute Gasteiger partial charge is 0.133 e. The van der Waals surface area contributed by atoms with Crippen LogP contribution in [0.1, 0.15) is 5.56 Å². The van der Waals surface area contributed by atoms with E-state index in [-0.39, 0.29) is 0 Å². The minimum atomic E-state index is 0.712. The molecule has 0 fully saturated rings. The summed E-state index contributed by atoms with van der Waals surface area (Å²) < 4.78 is 6.19. The number of halogens is 2. The number of rotatable bonds is 5. The maximum Gasteiger partial charge on any atom is 0.133 e.